The number of carboxylic acid groups (broad SMARTS) is 3. The van der Waals surface area contributed by atoms with Crippen molar-refractivity contribution in [1.82, 2.24) is 21.3 Å². The van der Waals surface area contributed by atoms with Crippen LogP contribution in [-0.2, 0) is 43.0 Å². The highest BCUT2D eigenvalue weighted by Crippen LogP contribution is 2.13. The van der Waals surface area contributed by atoms with Crippen molar-refractivity contribution in [3.05, 3.63) is 0 Å². The van der Waals surface area contributed by atoms with Crippen molar-refractivity contribution in [1.29, 1.82) is 0 Å². The van der Waals surface area contributed by atoms with Crippen LogP contribution in [0.15, 0.2) is 0 Å². The van der Waals surface area contributed by atoms with Gasteiger partial charge in [0.25, 0.3) is 0 Å². The summed E-state index contributed by atoms with van der Waals surface area (Å²) in [7, 11) is 0. The van der Waals surface area contributed by atoms with Crippen LogP contribution in [0.25, 0.3) is 0 Å². The maximum absolute atomic E-state index is 12.4. The van der Waals surface area contributed by atoms with Crippen LogP contribution in [0.5, 0.6) is 0 Å². The molecule has 17 heteroatoms. The lowest BCUT2D eigenvalue weighted by Crippen LogP contribution is -2.44. The molecule has 0 radical (unpaired) electrons. The molecule has 0 heterocycles. The summed E-state index contributed by atoms with van der Waals surface area (Å²) in [5, 5.41) is 37.8. The maximum atomic E-state index is 12.4. The Morgan fingerprint density at radius 1 is 0.491 bits per heavy atom. The highest BCUT2D eigenvalue weighted by atomic mass is 16.5. The Morgan fingerprint density at radius 2 is 0.945 bits per heavy atom. The van der Waals surface area contributed by atoms with Gasteiger partial charge in [-0.3, -0.25) is 24.0 Å². The lowest BCUT2D eigenvalue weighted by atomic mass is 10.0. The predicted molar refractivity (Wildman–Crippen MR) is 205 cm³/mol. The van der Waals surface area contributed by atoms with Crippen LogP contribution < -0.4 is 27.0 Å². The minimum absolute atomic E-state index is 0.0863. The number of ether oxygens (including phenoxy) is 2. The monoisotopic (exact) mass is 787 g/mol. The molecule has 4 amide bonds. The van der Waals surface area contributed by atoms with E-state index < -0.39 is 47.7 Å². The van der Waals surface area contributed by atoms with Crippen LogP contribution in [0.3, 0.4) is 0 Å². The van der Waals surface area contributed by atoms with E-state index in [0.717, 1.165) is 89.9 Å². The molecule has 0 aromatic heterocycles. The van der Waals surface area contributed by atoms with Crippen LogP contribution in [0.4, 0.5) is 0 Å². The lowest BCUT2D eigenvalue weighted by Gasteiger charge is -2.17. The van der Waals surface area contributed by atoms with Gasteiger partial charge < -0.3 is 51.8 Å². The number of carbonyl (C=O) groups excluding carboxylic acids is 4. The van der Waals surface area contributed by atoms with Crippen molar-refractivity contribution in [2.45, 2.75) is 160 Å². The third kappa shape index (κ3) is 34.4. The molecule has 0 fully saturated rings. The van der Waals surface area contributed by atoms with E-state index in [1.54, 1.807) is 0 Å². The van der Waals surface area contributed by atoms with E-state index in [9.17, 15) is 43.8 Å². The Hall–Kier alpha value is -3.83. The van der Waals surface area contributed by atoms with Crippen LogP contribution in [0.2, 0.25) is 0 Å². The number of unbranched alkanes of at least 4 members (excludes halogenated alkanes) is 12. The van der Waals surface area contributed by atoms with Crippen molar-refractivity contribution in [2.75, 3.05) is 39.5 Å². The van der Waals surface area contributed by atoms with Gasteiger partial charge in [-0.2, -0.15) is 0 Å². The number of carbonyl (C=O) groups is 7. The zero-order valence-electron chi connectivity index (χ0n) is 32.9. The van der Waals surface area contributed by atoms with E-state index in [0.29, 0.717) is 13.0 Å². The Kier molecular flexibility index (Phi) is 32.2. The fourth-order valence-electron chi connectivity index (χ4n) is 5.53. The van der Waals surface area contributed by atoms with Gasteiger partial charge in [-0.1, -0.05) is 70.6 Å². The molecule has 0 bridgehead atoms. The normalized spacial score (nSPS) is 12.6. The number of nitrogens with two attached hydrogens (primary N) is 1. The second-order valence-corrected chi connectivity index (χ2v) is 14.0. The maximum Gasteiger partial charge on any atom is 0.326 e. The Bertz CT molecular complexity index is 1110. The van der Waals surface area contributed by atoms with Gasteiger partial charge in [0.2, 0.25) is 23.6 Å². The van der Waals surface area contributed by atoms with E-state index >= 15 is 0 Å². The van der Waals surface area contributed by atoms with E-state index in [1.807, 2.05) is 6.92 Å². The highest BCUT2D eigenvalue weighted by Gasteiger charge is 2.24. The average Bonchev–Trinajstić information content (AvgIpc) is 3.12. The number of nitrogens with one attached hydrogen (secondary N) is 4. The van der Waals surface area contributed by atoms with E-state index in [-0.39, 0.29) is 83.4 Å². The smallest absolute Gasteiger partial charge is 0.326 e. The molecule has 0 aliphatic carbocycles. The molecule has 318 valence electrons. The summed E-state index contributed by atoms with van der Waals surface area (Å²) in [6.45, 7) is 3.15. The average molecular weight is 788 g/mol. The Morgan fingerprint density at radius 3 is 1.45 bits per heavy atom. The predicted octanol–water partition coefficient (Wildman–Crippen LogP) is 3.01. The Balaban J connectivity index is 4.05. The highest BCUT2D eigenvalue weighted by molar-refractivity contribution is 5.86. The lowest BCUT2D eigenvalue weighted by molar-refractivity contribution is -0.143. The van der Waals surface area contributed by atoms with Crippen LogP contribution in [-0.4, -0.2) is 114 Å². The van der Waals surface area contributed by atoms with Crippen LogP contribution in [0.1, 0.15) is 142 Å². The van der Waals surface area contributed by atoms with E-state index in [4.69, 9.17) is 20.3 Å². The van der Waals surface area contributed by atoms with Crippen molar-refractivity contribution >= 4 is 41.5 Å². The minimum Gasteiger partial charge on any atom is -0.481 e. The number of hydrogen-bond acceptors (Lipinski definition) is 10. The van der Waals surface area contributed by atoms with Gasteiger partial charge in [0.05, 0.1) is 19.8 Å². The first-order chi connectivity index (χ1) is 26.3. The summed E-state index contributed by atoms with van der Waals surface area (Å²) in [6.07, 6.45) is 14.1. The van der Waals surface area contributed by atoms with Crippen molar-refractivity contribution < 1.29 is 58.4 Å². The van der Waals surface area contributed by atoms with Gasteiger partial charge in [0.1, 0.15) is 18.7 Å². The summed E-state index contributed by atoms with van der Waals surface area (Å²) in [5.41, 5.74) is 5.69. The van der Waals surface area contributed by atoms with Crippen molar-refractivity contribution in [2.24, 2.45) is 5.73 Å². The molecule has 0 saturated heterocycles. The summed E-state index contributed by atoms with van der Waals surface area (Å²) >= 11 is 0. The number of amides is 4. The first-order valence-electron chi connectivity index (χ1n) is 20.0. The molecule has 0 aromatic carbocycles. The topological polar surface area (TPSA) is 273 Å². The van der Waals surface area contributed by atoms with Gasteiger partial charge in [-0.25, -0.2) is 9.59 Å². The number of carboxylic acids is 3. The molecule has 0 saturated carbocycles. The van der Waals surface area contributed by atoms with Gasteiger partial charge >= 0.3 is 17.9 Å². The molecule has 17 nitrogen and oxygen atoms in total. The first kappa shape index (κ1) is 51.2. The summed E-state index contributed by atoms with van der Waals surface area (Å²) in [6, 6.07) is -2.52. The largest absolute Gasteiger partial charge is 0.481 e. The summed E-state index contributed by atoms with van der Waals surface area (Å²) in [4.78, 5) is 82.6. The fraction of sp³-hybridized carbons (Fsp3) is 0.816. The molecular weight excluding hydrogens is 718 g/mol. The molecule has 9 N–H and O–H groups in total. The van der Waals surface area contributed by atoms with Gasteiger partial charge in [0, 0.05) is 44.8 Å². The summed E-state index contributed by atoms with van der Waals surface area (Å²) in [5.74, 6) is -5.18. The second kappa shape index (κ2) is 34.6. The number of aliphatic carboxylic acids is 3. The van der Waals surface area contributed by atoms with Crippen molar-refractivity contribution in [3.8, 4) is 0 Å². The second-order valence-electron chi connectivity index (χ2n) is 14.0. The zero-order valence-corrected chi connectivity index (χ0v) is 32.9. The minimum atomic E-state index is -1.36. The van der Waals surface area contributed by atoms with Gasteiger partial charge in [0.15, 0.2) is 0 Å². The SMILES string of the molecule is C[C@H](N)CCCCNC(=O)COCCOCCNC(=O)CC[C@H](NC(=O)CC[C@H](NC(=O)CCCCCCCCCCCCCCC(=O)O)C(=O)O)C(=O)O. The fourth-order valence-corrected chi connectivity index (χ4v) is 5.53. The molecule has 0 unspecified atom stereocenters. The molecule has 0 aliphatic rings. The molecule has 0 spiro atoms. The molecule has 55 heavy (non-hydrogen) atoms. The third-order valence-electron chi connectivity index (χ3n) is 8.71. The molecule has 3 atom stereocenters. The molecule has 0 aromatic rings. The number of rotatable bonds is 38. The molecule has 0 rings (SSSR count). The zero-order chi connectivity index (χ0) is 41.1. The van der Waals surface area contributed by atoms with Crippen LogP contribution in [0, 0.1) is 0 Å². The van der Waals surface area contributed by atoms with E-state index in [1.165, 1.54) is 0 Å². The van der Waals surface area contributed by atoms with E-state index in [2.05, 4.69) is 21.3 Å². The van der Waals surface area contributed by atoms with Crippen molar-refractivity contribution in [3.63, 3.8) is 0 Å². The molecular formula is C38H69N5O12. The van der Waals surface area contributed by atoms with Gasteiger partial charge in [-0.15, -0.1) is 0 Å². The Labute approximate surface area is 326 Å². The number of hydrogen-bond donors (Lipinski definition) is 8. The first-order valence-corrected chi connectivity index (χ1v) is 20.0. The third-order valence-corrected chi connectivity index (χ3v) is 8.71. The molecule has 0 aliphatic heterocycles. The summed E-state index contributed by atoms with van der Waals surface area (Å²) < 4.78 is 10.6. The van der Waals surface area contributed by atoms with Gasteiger partial charge in [-0.05, 0) is 45.4 Å². The standard InChI is InChI=1S/C38H69N5O12/c1-29(39)16-14-15-23-40-35(47)28-55-27-26-54-25-24-41-32(44)21-19-30(37(50)51)43-34(46)22-20-31(38(52)53)42-33(45)17-12-10-8-6-4-2-3-5-7-9-11-13-18-36(48)49/h29-31H,2-28,39H2,1H3,(H,40,47)(H,41,44)(H,42,45)(H,43,46)(H,48,49)(H,50,51)(H,52,53)/t29-,30-,31-/m0/s1. The quantitative estimate of drug-likeness (QED) is 0.0419. The van der Waals surface area contributed by atoms with Crippen LogP contribution >= 0.6 is 0 Å².